The van der Waals surface area contributed by atoms with Gasteiger partial charge >= 0.3 is 0 Å². The average molecular weight is 372 g/mol. The summed E-state index contributed by atoms with van der Waals surface area (Å²) in [5.41, 5.74) is 1.55. The van der Waals surface area contributed by atoms with Gasteiger partial charge in [-0.25, -0.2) is 4.98 Å². The number of benzene rings is 1. The molecule has 134 valence electrons. The number of H-pyrrole nitrogens is 1. The van der Waals surface area contributed by atoms with Crippen LogP contribution in [0.3, 0.4) is 0 Å². The summed E-state index contributed by atoms with van der Waals surface area (Å²) >= 11 is 5.85. The molecule has 0 aliphatic carbocycles. The summed E-state index contributed by atoms with van der Waals surface area (Å²) in [6.45, 7) is 3.81. The molecule has 8 heteroatoms. The SMILES string of the molecule is CCCc1cc(=O)[nH]c(-n2nc(C)cc2NC(=O)c2ccc(Cl)cc2)n1. The molecule has 7 nitrogen and oxygen atoms in total. The molecule has 2 aromatic heterocycles. The molecule has 0 saturated carbocycles. The van der Waals surface area contributed by atoms with Crippen molar-refractivity contribution in [2.75, 3.05) is 5.32 Å². The molecule has 0 radical (unpaired) electrons. The summed E-state index contributed by atoms with van der Waals surface area (Å²) in [6.07, 6.45) is 1.55. The Morgan fingerprint density at radius 2 is 2.00 bits per heavy atom. The lowest BCUT2D eigenvalue weighted by Crippen LogP contribution is -2.19. The first-order valence-corrected chi connectivity index (χ1v) is 8.58. The number of nitrogens with zero attached hydrogens (tertiary/aromatic N) is 3. The van der Waals surface area contributed by atoms with Crippen LogP contribution < -0.4 is 10.9 Å². The maximum Gasteiger partial charge on any atom is 0.256 e. The minimum Gasteiger partial charge on any atom is -0.306 e. The fourth-order valence-electron chi connectivity index (χ4n) is 2.52. The summed E-state index contributed by atoms with van der Waals surface area (Å²) in [5.74, 6) is 0.370. The largest absolute Gasteiger partial charge is 0.306 e. The highest BCUT2D eigenvalue weighted by atomic mass is 35.5. The molecule has 2 N–H and O–H groups in total. The zero-order valence-electron chi connectivity index (χ0n) is 14.4. The van der Waals surface area contributed by atoms with Crippen molar-refractivity contribution in [3.8, 4) is 5.95 Å². The van der Waals surface area contributed by atoms with Gasteiger partial charge in [-0.2, -0.15) is 9.78 Å². The lowest BCUT2D eigenvalue weighted by atomic mass is 10.2. The van der Waals surface area contributed by atoms with Gasteiger partial charge in [0.15, 0.2) is 0 Å². The van der Waals surface area contributed by atoms with Crippen LogP contribution in [0.5, 0.6) is 0 Å². The third-order valence-corrected chi connectivity index (χ3v) is 3.92. The van der Waals surface area contributed by atoms with Crippen LogP contribution in [0.1, 0.15) is 35.1 Å². The van der Waals surface area contributed by atoms with Crippen molar-refractivity contribution in [1.82, 2.24) is 19.7 Å². The van der Waals surface area contributed by atoms with Crippen LogP contribution in [0.25, 0.3) is 5.95 Å². The number of hydrogen-bond acceptors (Lipinski definition) is 4. The van der Waals surface area contributed by atoms with E-state index in [0.717, 1.165) is 6.42 Å². The van der Waals surface area contributed by atoms with Crippen molar-refractivity contribution in [2.45, 2.75) is 26.7 Å². The van der Waals surface area contributed by atoms with Gasteiger partial charge in [-0.05, 0) is 37.6 Å². The van der Waals surface area contributed by atoms with Crippen LogP contribution in [-0.4, -0.2) is 25.7 Å². The maximum atomic E-state index is 12.5. The molecule has 0 spiro atoms. The topological polar surface area (TPSA) is 92.7 Å². The van der Waals surface area contributed by atoms with E-state index < -0.39 is 0 Å². The van der Waals surface area contributed by atoms with Gasteiger partial charge in [0.25, 0.3) is 11.5 Å². The molecule has 0 bridgehead atoms. The summed E-state index contributed by atoms with van der Waals surface area (Å²) in [7, 11) is 0. The number of halogens is 1. The van der Waals surface area contributed by atoms with Crippen LogP contribution in [0.2, 0.25) is 5.02 Å². The van der Waals surface area contributed by atoms with Gasteiger partial charge in [0, 0.05) is 28.4 Å². The van der Waals surface area contributed by atoms with Gasteiger partial charge in [-0.3, -0.25) is 14.6 Å². The zero-order chi connectivity index (χ0) is 18.7. The Balaban J connectivity index is 1.95. The highest BCUT2D eigenvalue weighted by molar-refractivity contribution is 6.30. The van der Waals surface area contributed by atoms with Crippen LogP contribution in [0, 0.1) is 6.92 Å². The number of amides is 1. The Labute approximate surface area is 155 Å². The Hall–Kier alpha value is -2.93. The van der Waals surface area contributed by atoms with E-state index in [2.05, 4.69) is 20.4 Å². The lowest BCUT2D eigenvalue weighted by molar-refractivity contribution is 0.102. The van der Waals surface area contributed by atoms with Crippen molar-refractivity contribution in [2.24, 2.45) is 0 Å². The molecule has 1 amide bonds. The third kappa shape index (κ3) is 4.00. The normalized spacial score (nSPS) is 10.7. The van der Waals surface area contributed by atoms with Gasteiger partial charge in [-0.15, -0.1) is 0 Å². The Morgan fingerprint density at radius 3 is 2.69 bits per heavy atom. The van der Waals surface area contributed by atoms with Gasteiger partial charge in [0.2, 0.25) is 5.95 Å². The van der Waals surface area contributed by atoms with E-state index in [1.165, 1.54) is 10.7 Å². The number of aromatic nitrogens is 4. The quantitative estimate of drug-likeness (QED) is 0.720. The van der Waals surface area contributed by atoms with Crippen LogP contribution in [-0.2, 0) is 6.42 Å². The van der Waals surface area contributed by atoms with E-state index in [1.54, 1.807) is 37.3 Å². The Kier molecular flexibility index (Phi) is 5.18. The van der Waals surface area contributed by atoms with Crippen LogP contribution in [0.15, 0.2) is 41.2 Å². The Morgan fingerprint density at radius 1 is 1.27 bits per heavy atom. The first-order chi connectivity index (χ1) is 12.5. The second kappa shape index (κ2) is 7.53. The molecule has 3 rings (SSSR count). The maximum absolute atomic E-state index is 12.5. The smallest absolute Gasteiger partial charge is 0.256 e. The molecule has 0 unspecified atom stereocenters. The minimum atomic E-state index is -0.310. The van der Waals surface area contributed by atoms with Crippen LogP contribution >= 0.6 is 11.6 Å². The first kappa shape index (κ1) is 17.9. The van der Waals surface area contributed by atoms with Crippen molar-refractivity contribution in [3.05, 3.63) is 68.7 Å². The fraction of sp³-hybridized carbons (Fsp3) is 0.222. The van der Waals surface area contributed by atoms with Gasteiger partial charge < -0.3 is 5.32 Å². The van der Waals surface area contributed by atoms with Gasteiger partial charge in [0.05, 0.1) is 5.69 Å². The number of carbonyl (C=O) groups is 1. The molecule has 0 atom stereocenters. The second-order valence-corrected chi connectivity index (χ2v) is 6.29. The second-order valence-electron chi connectivity index (χ2n) is 5.85. The third-order valence-electron chi connectivity index (χ3n) is 3.67. The van der Waals surface area contributed by atoms with Crippen molar-refractivity contribution in [1.29, 1.82) is 0 Å². The fourth-order valence-corrected chi connectivity index (χ4v) is 2.64. The summed E-state index contributed by atoms with van der Waals surface area (Å²) in [6, 6.07) is 9.73. The number of carbonyl (C=O) groups excluding carboxylic acids is 1. The van der Waals surface area contributed by atoms with E-state index in [4.69, 9.17) is 11.6 Å². The Bertz CT molecular complexity index is 992. The molecule has 0 fully saturated rings. The highest BCUT2D eigenvalue weighted by Crippen LogP contribution is 2.16. The van der Waals surface area contributed by atoms with Gasteiger partial charge in [-0.1, -0.05) is 24.9 Å². The number of rotatable bonds is 5. The van der Waals surface area contributed by atoms with E-state index >= 15 is 0 Å². The standard InChI is InChI=1S/C18H18ClN5O2/c1-3-4-14-10-16(25)22-18(20-14)24-15(9-11(2)23-24)21-17(26)12-5-7-13(19)8-6-12/h5-10H,3-4H2,1-2H3,(H,21,26)(H,20,22,25). The molecule has 2 heterocycles. The van der Waals surface area contributed by atoms with Gasteiger partial charge in [0.1, 0.15) is 5.82 Å². The minimum absolute atomic E-state index is 0.262. The summed E-state index contributed by atoms with van der Waals surface area (Å²) < 4.78 is 1.42. The molecule has 0 aliphatic heterocycles. The number of aromatic amines is 1. The highest BCUT2D eigenvalue weighted by Gasteiger charge is 2.14. The molecule has 0 saturated heterocycles. The zero-order valence-corrected chi connectivity index (χ0v) is 15.2. The number of anilines is 1. The predicted octanol–water partition coefficient (Wildman–Crippen LogP) is 3.12. The summed E-state index contributed by atoms with van der Waals surface area (Å²) in [5, 5.41) is 7.68. The first-order valence-electron chi connectivity index (χ1n) is 8.20. The molecule has 26 heavy (non-hydrogen) atoms. The van der Waals surface area contributed by atoms with Crippen molar-refractivity contribution in [3.63, 3.8) is 0 Å². The predicted molar refractivity (Wildman–Crippen MR) is 100 cm³/mol. The monoisotopic (exact) mass is 371 g/mol. The number of aryl methyl sites for hydroxylation is 2. The van der Waals surface area contributed by atoms with E-state index in [0.29, 0.717) is 34.2 Å². The van der Waals surface area contributed by atoms with E-state index in [-0.39, 0.29) is 17.4 Å². The van der Waals surface area contributed by atoms with Crippen molar-refractivity contribution >= 4 is 23.3 Å². The molecular formula is C18H18ClN5O2. The average Bonchev–Trinajstić information content (AvgIpc) is 2.95. The molecule has 1 aromatic carbocycles. The number of hydrogen-bond donors (Lipinski definition) is 2. The molecule has 0 aliphatic rings. The molecule has 3 aromatic rings. The van der Waals surface area contributed by atoms with E-state index in [9.17, 15) is 9.59 Å². The van der Waals surface area contributed by atoms with Crippen LogP contribution in [0.4, 0.5) is 5.82 Å². The van der Waals surface area contributed by atoms with Crippen molar-refractivity contribution < 1.29 is 4.79 Å². The van der Waals surface area contributed by atoms with E-state index in [1.807, 2.05) is 6.92 Å². The molecular weight excluding hydrogens is 354 g/mol. The summed E-state index contributed by atoms with van der Waals surface area (Å²) in [4.78, 5) is 31.5. The number of nitrogens with one attached hydrogen (secondary N) is 2. The lowest BCUT2D eigenvalue weighted by Gasteiger charge is -2.09.